The number of hydrogen-bond acceptors (Lipinski definition) is 6. The second-order valence-corrected chi connectivity index (χ2v) is 6.68. The Balaban J connectivity index is 3.43. The molecule has 0 aromatic carbocycles. The van der Waals surface area contributed by atoms with Gasteiger partial charge < -0.3 is 14.3 Å². The molecule has 0 amide bonds. The van der Waals surface area contributed by atoms with E-state index in [0.717, 1.165) is 7.11 Å². The number of aryl methyl sites for hydroxylation is 2. The second-order valence-electron chi connectivity index (χ2n) is 5.06. The van der Waals surface area contributed by atoms with Crippen molar-refractivity contribution >= 4 is 16.0 Å². The molecule has 0 fully saturated rings. The fourth-order valence-corrected chi connectivity index (χ4v) is 3.58. The number of esters is 1. The van der Waals surface area contributed by atoms with E-state index in [1.165, 1.54) is 27.7 Å². The molecule has 0 radical (unpaired) electrons. The summed E-state index contributed by atoms with van der Waals surface area (Å²) in [5.41, 5.74) is -1.20. The van der Waals surface area contributed by atoms with Gasteiger partial charge in [-0.1, -0.05) is 0 Å². The summed E-state index contributed by atoms with van der Waals surface area (Å²) in [5.74, 6) is -0.540. The van der Waals surface area contributed by atoms with E-state index >= 15 is 0 Å². The van der Waals surface area contributed by atoms with Gasteiger partial charge in [0.15, 0.2) is 0 Å². The number of methoxy groups -OCH3 is 1. The van der Waals surface area contributed by atoms with Gasteiger partial charge in [-0.2, -0.15) is 0 Å². The van der Waals surface area contributed by atoms with Crippen molar-refractivity contribution in [3.63, 3.8) is 0 Å². The molecule has 0 saturated carbocycles. The van der Waals surface area contributed by atoms with Crippen LogP contribution in [0.5, 0.6) is 0 Å². The van der Waals surface area contributed by atoms with Gasteiger partial charge in [-0.25, -0.2) is 17.9 Å². The first kappa shape index (κ1) is 16.7. The lowest BCUT2D eigenvalue weighted by Gasteiger charge is -2.23. The normalized spacial score (nSPS) is 12.5. The molecule has 0 atom stereocenters. The summed E-state index contributed by atoms with van der Waals surface area (Å²) < 4.78 is 36.9. The average molecular weight is 305 g/mol. The van der Waals surface area contributed by atoms with Gasteiger partial charge in [0.05, 0.1) is 19.3 Å². The minimum Gasteiger partial charge on any atom is -0.465 e. The summed E-state index contributed by atoms with van der Waals surface area (Å²) in [6, 6.07) is 0. The molecule has 0 saturated heterocycles. The zero-order chi connectivity index (χ0) is 15.7. The maximum Gasteiger partial charge on any atom is 0.342 e. The second kappa shape index (κ2) is 5.55. The fraction of sp³-hybridized carbons (Fsp3) is 0.583. The molecule has 1 aromatic heterocycles. The molecule has 0 unspecified atom stereocenters. The van der Waals surface area contributed by atoms with Crippen LogP contribution in [0.4, 0.5) is 0 Å². The highest BCUT2D eigenvalue weighted by atomic mass is 32.2. The van der Waals surface area contributed by atoms with Crippen molar-refractivity contribution in [2.75, 3.05) is 13.7 Å². The van der Waals surface area contributed by atoms with Gasteiger partial charge in [0.2, 0.25) is 10.0 Å². The maximum atomic E-state index is 12.4. The van der Waals surface area contributed by atoms with E-state index in [1.54, 1.807) is 0 Å². The molecule has 1 aromatic rings. The minimum atomic E-state index is -4.03. The monoisotopic (exact) mass is 305 g/mol. The fourth-order valence-electron chi connectivity index (χ4n) is 1.77. The smallest absolute Gasteiger partial charge is 0.342 e. The molecule has 20 heavy (non-hydrogen) atoms. The first-order valence-electron chi connectivity index (χ1n) is 5.89. The summed E-state index contributed by atoms with van der Waals surface area (Å²) in [6.45, 7) is 5.57. The van der Waals surface area contributed by atoms with E-state index in [0.29, 0.717) is 0 Å². The summed E-state index contributed by atoms with van der Waals surface area (Å²) in [6.07, 6.45) is 0. The Hall–Kier alpha value is -1.38. The Labute approximate surface area is 118 Å². The number of rotatable bonds is 5. The third-order valence-corrected chi connectivity index (χ3v) is 4.52. The Morgan fingerprint density at radius 2 is 1.90 bits per heavy atom. The van der Waals surface area contributed by atoms with E-state index in [-0.39, 0.29) is 22.0 Å². The van der Waals surface area contributed by atoms with E-state index in [2.05, 4.69) is 9.46 Å². The molecule has 7 nitrogen and oxygen atoms in total. The third-order valence-electron chi connectivity index (χ3n) is 2.67. The Kier molecular flexibility index (Phi) is 4.62. The van der Waals surface area contributed by atoms with Crippen LogP contribution >= 0.6 is 0 Å². The number of aliphatic hydroxyl groups is 1. The minimum absolute atomic E-state index is 0.0872. The standard InChI is InChI=1S/C12H19NO6S/c1-7-9(11(15)18-5)10(8(2)19-7)20(16,17)13-12(3,4)6-14/h13-14H,6H2,1-5H3. The number of ether oxygens (including phenoxy) is 1. The molecule has 0 aliphatic rings. The van der Waals surface area contributed by atoms with Crippen LogP contribution in [-0.4, -0.2) is 38.7 Å². The topological polar surface area (TPSA) is 106 Å². The Morgan fingerprint density at radius 1 is 1.35 bits per heavy atom. The zero-order valence-electron chi connectivity index (χ0n) is 12.1. The van der Waals surface area contributed by atoms with Crippen molar-refractivity contribution < 1.29 is 27.5 Å². The first-order chi connectivity index (χ1) is 9.05. The van der Waals surface area contributed by atoms with Crippen LogP contribution < -0.4 is 4.72 Å². The van der Waals surface area contributed by atoms with E-state index in [9.17, 15) is 13.2 Å². The number of aliphatic hydroxyl groups excluding tert-OH is 1. The SMILES string of the molecule is COC(=O)c1c(C)oc(C)c1S(=O)(=O)NC(C)(C)CO. The van der Waals surface area contributed by atoms with Crippen LogP contribution in [0.3, 0.4) is 0 Å². The molecule has 0 aliphatic carbocycles. The van der Waals surface area contributed by atoms with Gasteiger partial charge in [0.25, 0.3) is 0 Å². The van der Waals surface area contributed by atoms with Crippen LogP contribution in [-0.2, 0) is 14.8 Å². The molecule has 2 N–H and O–H groups in total. The van der Waals surface area contributed by atoms with Gasteiger partial charge in [-0.3, -0.25) is 0 Å². The number of carbonyl (C=O) groups excluding carboxylic acids is 1. The predicted octanol–water partition coefficient (Wildman–Crippen LogP) is 0.732. The zero-order valence-corrected chi connectivity index (χ0v) is 12.9. The summed E-state index contributed by atoms with van der Waals surface area (Å²) in [7, 11) is -2.87. The molecule has 114 valence electrons. The van der Waals surface area contributed by atoms with Gasteiger partial charge >= 0.3 is 5.97 Å². The van der Waals surface area contributed by atoms with Crippen molar-refractivity contribution in [3.05, 3.63) is 17.1 Å². The summed E-state index contributed by atoms with van der Waals surface area (Å²) in [4.78, 5) is 11.5. The van der Waals surface area contributed by atoms with Crippen molar-refractivity contribution in [1.82, 2.24) is 4.72 Å². The Bertz CT molecular complexity index is 614. The maximum absolute atomic E-state index is 12.4. The molecule has 0 bridgehead atoms. The quantitative estimate of drug-likeness (QED) is 0.777. The van der Waals surface area contributed by atoms with Gasteiger partial charge in [-0.05, 0) is 27.7 Å². The molecule has 8 heteroatoms. The molecule has 0 spiro atoms. The highest BCUT2D eigenvalue weighted by molar-refractivity contribution is 7.89. The molecule has 1 rings (SSSR count). The lowest BCUT2D eigenvalue weighted by atomic mass is 10.1. The number of carbonyl (C=O) groups is 1. The van der Waals surface area contributed by atoms with Crippen molar-refractivity contribution in [2.45, 2.75) is 38.1 Å². The first-order valence-corrected chi connectivity index (χ1v) is 7.37. The number of hydrogen-bond donors (Lipinski definition) is 2. The molecular formula is C12H19NO6S. The molecule has 1 heterocycles. The average Bonchev–Trinajstić information content (AvgIpc) is 2.62. The van der Waals surface area contributed by atoms with Crippen molar-refractivity contribution in [2.24, 2.45) is 0 Å². The van der Waals surface area contributed by atoms with Crippen molar-refractivity contribution in [1.29, 1.82) is 0 Å². The predicted molar refractivity (Wildman–Crippen MR) is 71.0 cm³/mol. The van der Waals surface area contributed by atoms with Crippen LogP contribution in [0.2, 0.25) is 0 Å². The van der Waals surface area contributed by atoms with E-state index in [4.69, 9.17) is 9.52 Å². The largest absolute Gasteiger partial charge is 0.465 e. The number of nitrogens with one attached hydrogen (secondary N) is 1. The molecule has 0 aliphatic heterocycles. The van der Waals surface area contributed by atoms with E-state index in [1.807, 2.05) is 0 Å². The number of sulfonamides is 1. The van der Waals surface area contributed by atoms with Crippen LogP contribution in [0.15, 0.2) is 9.31 Å². The van der Waals surface area contributed by atoms with Crippen molar-refractivity contribution in [3.8, 4) is 0 Å². The Morgan fingerprint density at radius 3 is 2.35 bits per heavy atom. The highest BCUT2D eigenvalue weighted by Gasteiger charge is 2.34. The van der Waals surface area contributed by atoms with Crippen LogP contribution in [0.25, 0.3) is 0 Å². The van der Waals surface area contributed by atoms with Crippen LogP contribution in [0, 0.1) is 13.8 Å². The van der Waals surface area contributed by atoms with Gasteiger partial charge in [0, 0.05) is 0 Å². The van der Waals surface area contributed by atoms with Crippen LogP contribution in [0.1, 0.15) is 35.7 Å². The lowest BCUT2D eigenvalue weighted by Crippen LogP contribution is -2.46. The summed E-state index contributed by atoms with van der Waals surface area (Å²) in [5, 5.41) is 9.16. The number of furan rings is 1. The lowest BCUT2D eigenvalue weighted by molar-refractivity contribution is 0.0594. The van der Waals surface area contributed by atoms with Gasteiger partial charge in [-0.15, -0.1) is 0 Å². The van der Waals surface area contributed by atoms with Gasteiger partial charge in [0.1, 0.15) is 22.0 Å². The molecular weight excluding hydrogens is 286 g/mol. The third kappa shape index (κ3) is 3.20. The summed E-state index contributed by atoms with van der Waals surface area (Å²) >= 11 is 0. The highest BCUT2D eigenvalue weighted by Crippen LogP contribution is 2.28. The van der Waals surface area contributed by atoms with E-state index < -0.39 is 28.1 Å².